The Hall–Kier alpha value is -1.75. The van der Waals surface area contributed by atoms with Gasteiger partial charge in [0.05, 0.1) is 6.42 Å². The van der Waals surface area contributed by atoms with Crippen molar-refractivity contribution in [3.63, 3.8) is 0 Å². The molecule has 2 aromatic carbocycles. The van der Waals surface area contributed by atoms with Crippen LogP contribution in [0.4, 0.5) is 14.5 Å². The van der Waals surface area contributed by atoms with Crippen LogP contribution in [0.25, 0.3) is 0 Å². The van der Waals surface area contributed by atoms with Crippen molar-refractivity contribution in [1.82, 2.24) is 0 Å². The molecule has 21 heavy (non-hydrogen) atoms. The van der Waals surface area contributed by atoms with Crippen molar-refractivity contribution < 1.29 is 13.6 Å². The number of amides is 1. The van der Waals surface area contributed by atoms with Gasteiger partial charge in [0.25, 0.3) is 0 Å². The monoisotopic (exact) mass is 353 g/mol. The number of nitrogens with one attached hydrogen (secondary N) is 1. The van der Waals surface area contributed by atoms with Crippen LogP contribution in [-0.4, -0.2) is 11.2 Å². The van der Waals surface area contributed by atoms with E-state index in [0.717, 1.165) is 23.9 Å². The molecule has 0 spiro atoms. The van der Waals surface area contributed by atoms with Gasteiger partial charge in [-0.25, -0.2) is 8.78 Å². The highest BCUT2D eigenvalue weighted by atomic mass is 79.9. The zero-order valence-electron chi connectivity index (χ0n) is 11.2. The van der Waals surface area contributed by atoms with Gasteiger partial charge in [-0.1, -0.05) is 34.1 Å². The third kappa shape index (κ3) is 4.63. The minimum atomic E-state index is -0.945. The van der Waals surface area contributed by atoms with E-state index in [9.17, 15) is 13.6 Å². The Morgan fingerprint density at radius 1 is 1.00 bits per heavy atom. The normalized spacial score (nSPS) is 10.4. The molecule has 1 N–H and O–H groups in total. The number of alkyl halides is 1. The molecular weight excluding hydrogens is 340 g/mol. The Labute approximate surface area is 130 Å². The van der Waals surface area contributed by atoms with Gasteiger partial charge in [-0.15, -0.1) is 0 Å². The van der Waals surface area contributed by atoms with Crippen molar-refractivity contribution in [1.29, 1.82) is 0 Å². The average Bonchev–Trinajstić information content (AvgIpc) is 2.45. The van der Waals surface area contributed by atoms with Gasteiger partial charge in [-0.05, 0) is 41.8 Å². The van der Waals surface area contributed by atoms with Crippen molar-refractivity contribution >= 4 is 27.5 Å². The lowest BCUT2D eigenvalue weighted by atomic mass is 10.1. The van der Waals surface area contributed by atoms with E-state index in [2.05, 4.69) is 21.2 Å². The van der Waals surface area contributed by atoms with Gasteiger partial charge in [-0.2, -0.15) is 0 Å². The predicted molar refractivity (Wildman–Crippen MR) is 82.6 cm³/mol. The van der Waals surface area contributed by atoms with E-state index < -0.39 is 11.6 Å². The first-order valence-corrected chi connectivity index (χ1v) is 7.59. The van der Waals surface area contributed by atoms with E-state index in [4.69, 9.17) is 0 Å². The molecule has 0 saturated heterocycles. The highest BCUT2D eigenvalue weighted by Gasteiger charge is 2.07. The Bertz CT molecular complexity index is 629. The number of benzene rings is 2. The molecular formula is C16H14BrF2NO. The molecule has 0 aromatic heterocycles. The number of carbonyl (C=O) groups excluding carboxylic acids is 1. The quantitative estimate of drug-likeness (QED) is 0.806. The van der Waals surface area contributed by atoms with Crippen molar-refractivity contribution in [2.24, 2.45) is 0 Å². The highest BCUT2D eigenvalue weighted by molar-refractivity contribution is 9.09. The highest BCUT2D eigenvalue weighted by Crippen LogP contribution is 2.13. The van der Waals surface area contributed by atoms with Crippen LogP contribution in [0.2, 0.25) is 0 Å². The predicted octanol–water partition coefficient (Wildman–Crippen LogP) is 4.08. The second kappa shape index (κ2) is 7.31. The summed E-state index contributed by atoms with van der Waals surface area (Å²) in [6.07, 6.45) is 0.920. The van der Waals surface area contributed by atoms with E-state index in [1.807, 2.05) is 24.3 Å². The molecule has 2 nitrogen and oxygen atoms in total. The lowest BCUT2D eigenvalue weighted by Gasteiger charge is -2.07. The molecule has 110 valence electrons. The van der Waals surface area contributed by atoms with Gasteiger partial charge in [0, 0.05) is 11.0 Å². The van der Waals surface area contributed by atoms with E-state index in [-0.39, 0.29) is 12.3 Å². The fourth-order valence-electron chi connectivity index (χ4n) is 1.90. The second-order valence-electron chi connectivity index (χ2n) is 4.61. The van der Waals surface area contributed by atoms with Crippen LogP contribution >= 0.6 is 15.9 Å². The summed E-state index contributed by atoms with van der Waals surface area (Å²) < 4.78 is 25.9. The number of hydrogen-bond acceptors (Lipinski definition) is 1. The van der Waals surface area contributed by atoms with Crippen LogP contribution < -0.4 is 5.32 Å². The molecule has 0 heterocycles. The largest absolute Gasteiger partial charge is 0.326 e. The third-order valence-corrected chi connectivity index (χ3v) is 3.37. The number of rotatable bonds is 5. The van der Waals surface area contributed by atoms with Gasteiger partial charge in [0.1, 0.15) is 0 Å². The van der Waals surface area contributed by atoms with Crippen LogP contribution in [0.15, 0.2) is 42.5 Å². The first kappa shape index (κ1) is 15.6. The fourth-order valence-corrected chi connectivity index (χ4v) is 2.36. The van der Waals surface area contributed by atoms with Gasteiger partial charge in [-0.3, -0.25) is 4.79 Å². The molecule has 1 amide bonds. The van der Waals surface area contributed by atoms with E-state index in [1.54, 1.807) is 0 Å². The molecule has 0 aliphatic rings. The Kier molecular flexibility index (Phi) is 5.44. The molecule has 2 aromatic rings. The van der Waals surface area contributed by atoms with E-state index in [0.29, 0.717) is 11.3 Å². The maximum atomic E-state index is 13.1. The third-order valence-electron chi connectivity index (χ3n) is 2.97. The number of halogens is 3. The number of anilines is 1. The lowest BCUT2D eigenvalue weighted by molar-refractivity contribution is -0.115. The maximum absolute atomic E-state index is 13.1. The van der Waals surface area contributed by atoms with Crippen LogP contribution in [0.1, 0.15) is 11.1 Å². The number of aryl methyl sites for hydroxylation is 1. The number of hydrogen-bond donors (Lipinski definition) is 1. The van der Waals surface area contributed by atoms with Gasteiger partial charge >= 0.3 is 0 Å². The van der Waals surface area contributed by atoms with Crippen LogP contribution in [0, 0.1) is 11.6 Å². The molecule has 0 fully saturated rings. The topological polar surface area (TPSA) is 29.1 Å². The zero-order valence-corrected chi connectivity index (χ0v) is 12.8. The molecule has 0 unspecified atom stereocenters. The Balaban J connectivity index is 1.96. The van der Waals surface area contributed by atoms with Crippen molar-refractivity contribution in [3.05, 3.63) is 65.2 Å². The molecule has 0 aliphatic heterocycles. The molecule has 0 bridgehead atoms. The lowest BCUT2D eigenvalue weighted by Crippen LogP contribution is -2.14. The van der Waals surface area contributed by atoms with E-state index >= 15 is 0 Å². The van der Waals surface area contributed by atoms with Crippen LogP contribution in [0.3, 0.4) is 0 Å². The van der Waals surface area contributed by atoms with Gasteiger partial charge in [0.2, 0.25) is 5.91 Å². The minimum absolute atomic E-state index is 0.000349. The fraction of sp³-hybridized carbons (Fsp3) is 0.188. The molecule has 0 atom stereocenters. The van der Waals surface area contributed by atoms with Crippen LogP contribution in [-0.2, 0) is 17.6 Å². The molecule has 0 saturated carbocycles. The first-order chi connectivity index (χ1) is 10.1. The second-order valence-corrected chi connectivity index (χ2v) is 5.40. The molecule has 5 heteroatoms. The summed E-state index contributed by atoms with van der Waals surface area (Å²) in [7, 11) is 0. The van der Waals surface area contributed by atoms with Gasteiger partial charge < -0.3 is 5.32 Å². The first-order valence-electron chi connectivity index (χ1n) is 6.47. The summed E-state index contributed by atoms with van der Waals surface area (Å²) in [6.45, 7) is 0. The van der Waals surface area contributed by atoms with Gasteiger partial charge in [0.15, 0.2) is 11.6 Å². The molecule has 2 rings (SSSR count). The summed E-state index contributed by atoms with van der Waals surface area (Å²) in [6, 6.07) is 11.0. The summed E-state index contributed by atoms with van der Waals surface area (Å²) in [4.78, 5) is 11.9. The van der Waals surface area contributed by atoms with Crippen LogP contribution in [0.5, 0.6) is 0 Å². The standard InChI is InChI=1S/C16H14BrF2NO/c17-8-7-11-1-4-13(5-2-11)20-16(21)10-12-3-6-14(18)15(19)9-12/h1-6,9H,7-8,10H2,(H,20,21). The summed E-state index contributed by atoms with van der Waals surface area (Å²) in [5.74, 6) is -2.13. The Morgan fingerprint density at radius 2 is 1.67 bits per heavy atom. The maximum Gasteiger partial charge on any atom is 0.228 e. The summed E-state index contributed by atoms with van der Waals surface area (Å²) in [5, 5.41) is 3.61. The minimum Gasteiger partial charge on any atom is -0.326 e. The number of carbonyl (C=O) groups is 1. The smallest absolute Gasteiger partial charge is 0.228 e. The van der Waals surface area contributed by atoms with Crippen molar-refractivity contribution in [3.8, 4) is 0 Å². The summed E-state index contributed by atoms with van der Waals surface area (Å²) >= 11 is 3.37. The average molecular weight is 354 g/mol. The Morgan fingerprint density at radius 3 is 2.29 bits per heavy atom. The van der Waals surface area contributed by atoms with E-state index in [1.165, 1.54) is 11.6 Å². The van der Waals surface area contributed by atoms with Crippen molar-refractivity contribution in [2.45, 2.75) is 12.8 Å². The molecule has 0 radical (unpaired) electrons. The van der Waals surface area contributed by atoms with Crippen molar-refractivity contribution in [2.75, 3.05) is 10.6 Å². The summed E-state index contributed by atoms with van der Waals surface area (Å²) in [5.41, 5.74) is 2.29. The SMILES string of the molecule is O=C(Cc1ccc(F)c(F)c1)Nc1ccc(CCBr)cc1. The zero-order chi connectivity index (χ0) is 15.2. The molecule has 0 aliphatic carbocycles.